The van der Waals surface area contributed by atoms with Crippen molar-refractivity contribution >= 4 is 23.3 Å². The first-order chi connectivity index (χ1) is 7.68. The number of nitrogens with two attached hydrogens (primary N) is 1. The third-order valence-corrected chi connectivity index (χ3v) is 3.25. The van der Waals surface area contributed by atoms with Crippen LogP contribution in [0.15, 0.2) is 18.2 Å². The predicted octanol–water partition coefficient (Wildman–Crippen LogP) is 3.02. The Morgan fingerprint density at radius 1 is 1.38 bits per heavy atom. The Hall–Kier alpha value is -1.22. The predicted molar refractivity (Wildman–Crippen MR) is 63.5 cm³/mol. The Bertz CT molecular complexity index is 400. The first-order valence-corrected chi connectivity index (χ1v) is 5.81. The van der Waals surface area contributed by atoms with Gasteiger partial charge in [0.2, 0.25) is 0 Å². The van der Waals surface area contributed by atoms with E-state index in [1.54, 1.807) is 18.2 Å². The molecule has 0 heterocycles. The maximum absolute atomic E-state index is 11.8. The number of halogens is 1. The molecule has 86 valence electrons. The van der Waals surface area contributed by atoms with Crippen molar-refractivity contribution in [3.8, 4) is 0 Å². The van der Waals surface area contributed by atoms with Crippen LogP contribution >= 0.6 is 11.6 Å². The Kier molecular flexibility index (Phi) is 3.34. The highest BCUT2D eigenvalue weighted by Gasteiger charge is 2.21. The minimum atomic E-state index is -0.371. The number of carbonyl (C=O) groups is 1. The molecule has 1 fully saturated rings. The molecule has 1 aliphatic rings. The monoisotopic (exact) mass is 239 g/mol. The lowest BCUT2D eigenvalue weighted by Gasteiger charge is -2.12. The fraction of sp³-hybridized carbons (Fsp3) is 0.417. The fourth-order valence-corrected chi connectivity index (χ4v) is 2.13. The van der Waals surface area contributed by atoms with Crippen molar-refractivity contribution < 1.29 is 9.53 Å². The third kappa shape index (κ3) is 2.30. The van der Waals surface area contributed by atoms with Crippen LogP contribution in [0.5, 0.6) is 0 Å². The first kappa shape index (κ1) is 11.3. The molecule has 0 bridgehead atoms. The lowest BCUT2D eigenvalue weighted by Crippen LogP contribution is -2.15. The summed E-state index contributed by atoms with van der Waals surface area (Å²) in [5, 5.41) is 0.283. The SMILES string of the molecule is Nc1cccc(C(=O)OC2CCCC2)c1Cl. The molecule has 0 aliphatic heterocycles. The van der Waals surface area contributed by atoms with Crippen LogP contribution in [-0.2, 0) is 4.74 Å². The zero-order chi connectivity index (χ0) is 11.5. The van der Waals surface area contributed by atoms with Crippen LogP contribution in [0.3, 0.4) is 0 Å². The van der Waals surface area contributed by atoms with Crippen LogP contribution < -0.4 is 5.73 Å². The zero-order valence-electron chi connectivity index (χ0n) is 8.91. The van der Waals surface area contributed by atoms with E-state index in [-0.39, 0.29) is 17.1 Å². The van der Waals surface area contributed by atoms with Gasteiger partial charge in [-0.25, -0.2) is 4.79 Å². The zero-order valence-corrected chi connectivity index (χ0v) is 9.67. The summed E-state index contributed by atoms with van der Waals surface area (Å²) in [7, 11) is 0. The van der Waals surface area contributed by atoms with Crippen LogP contribution in [-0.4, -0.2) is 12.1 Å². The summed E-state index contributed by atoms with van der Waals surface area (Å²) in [6.07, 6.45) is 4.20. The van der Waals surface area contributed by atoms with Gasteiger partial charge in [-0.15, -0.1) is 0 Å². The van der Waals surface area contributed by atoms with Crippen molar-refractivity contribution in [1.82, 2.24) is 0 Å². The summed E-state index contributed by atoms with van der Waals surface area (Å²) >= 11 is 5.95. The molecule has 0 atom stereocenters. The van der Waals surface area contributed by atoms with E-state index in [2.05, 4.69) is 0 Å². The highest BCUT2D eigenvalue weighted by atomic mass is 35.5. The van der Waals surface area contributed by atoms with Crippen LogP contribution in [0.25, 0.3) is 0 Å². The van der Waals surface area contributed by atoms with E-state index >= 15 is 0 Å². The molecule has 1 saturated carbocycles. The molecule has 1 aliphatic carbocycles. The number of hydrogen-bond acceptors (Lipinski definition) is 3. The summed E-state index contributed by atoms with van der Waals surface area (Å²) < 4.78 is 5.35. The molecule has 0 aromatic heterocycles. The Balaban J connectivity index is 2.11. The number of anilines is 1. The van der Waals surface area contributed by atoms with Crippen LogP contribution in [0, 0.1) is 0 Å². The largest absolute Gasteiger partial charge is 0.459 e. The molecule has 1 aromatic rings. The van der Waals surface area contributed by atoms with Crippen LogP contribution in [0.1, 0.15) is 36.0 Å². The van der Waals surface area contributed by atoms with E-state index in [4.69, 9.17) is 22.1 Å². The van der Waals surface area contributed by atoms with E-state index in [1.165, 1.54) is 0 Å². The van der Waals surface area contributed by atoms with Gasteiger partial charge in [0.25, 0.3) is 0 Å². The summed E-state index contributed by atoms with van der Waals surface area (Å²) in [4.78, 5) is 11.8. The molecule has 16 heavy (non-hydrogen) atoms. The van der Waals surface area contributed by atoms with Gasteiger partial charge < -0.3 is 10.5 Å². The molecule has 0 saturated heterocycles. The summed E-state index contributed by atoms with van der Waals surface area (Å²) in [5.74, 6) is -0.371. The minimum absolute atomic E-state index is 0.0463. The Morgan fingerprint density at radius 2 is 2.06 bits per heavy atom. The molecule has 0 amide bonds. The van der Waals surface area contributed by atoms with E-state index in [0.717, 1.165) is 25.7 Å². The number of benzene rings is 1. The van der Waals surface area contributed by atoms with Gasteiger partial charge in [-0.1, -0.05) is 17.7 Å². The van der Waals surface area contributed by atoms with Crippen LogP contribution in [0.2, 0.25) is 5.02 Å². The minimum Gasteiger partial charge on any atom is -0.459 e. The second-order valence-corrected chi connectivity index (χ2v) is 4.40. The standard InChI is InChI=1S/C12H14ClNO2/c13-11-9(6-3-7-10(11)14)12(15)16-8-4-1-2-5-8/h3,6-8H,1-2,4-5,14H2. The molecule has 1 aromatic carbocycles. The molecule has 2 N–H and O–H groups in total. The van der Waals surface area contributed by atoms with Gasteiger partial charge >= 0.3 is 5.97 Å². The number of ether oxygens (including phenoxy) is 1. The van der Waals surface area contributed by atoms with E-state index in [9.17, 15) is 4.79 Å². The quantitative estimate of drug-likeness (QED) is 0.638. The van der Waals surface area contributed by atoms with Crippen molar-refractivity contribution in [2.45, 2.75) is 31.8 Å². The smallest absolute Gasteiger partial charge is 0.340 e. The normalized spacial score (nSPS) is 16.3. The van der Waals surface area contributed by atoms with Gasteiger partial charge in [0.05, 0.1) is 16.3 Å². The molecule has 0 unspecified atom stereocenters. The van der Waals surface area contributed by atoms with E-state index in [1.807, 2.05) is 0 Å². The van der Waals surface area contributed by atoms with E-state index in [0.29, 0.717) is 11.3 Å². The maximum atomic E-state index is 11.8. The number of hydrogen-bond donors (Lipinski definition) is 1. The number of rotatable bonds is 2. The highest BCUT2D eigenvalue weighted by Crippen LogP contribution is 2.26. The Morgan fingerprint density at radius 3 is 2.75 bits per heavy atom. The average molecular weight is 240 g/mol. The van der Waals surface area contributed by atoms with Crippen molar-refractivity contribution in [3.05, 3.63) is 28.8 Å². The second kappa shape index (κ2) is 4.74. The van der Waals surface area contributed by atoms with Gasteiger partial charge in [-0.2, -0.15) is 0 Å². The third-order valence-electron chi connectivity index (χ3n) is 2.82. The molecule has 4 heteroatoms. The van der Waals surface area contributed by atoms with Gasteiger partial charge in [-0.05, 0) is 37.8 Å². The van der Waals surface area contributed by atoms with Gasteiger partial charge in [-0.3, -0.25) is 0 Å². The lowest BCUT2D eigenvalue weighted by molar-refractivity contribution is 0.0318. The average Bonchev–Trinajstić information content (AvgIpc) is 2.74. The van der Waals surface area contributed by atoms with Gasteiger partial charge in [0, 0.05) is 0 Å². The molecular weight excluding hydrogens is 226 g/mol. The number of carbonyl (C=O) groups excluding carboxylic acids is 1. The maximum Gasteiger partial charge on any atom is 0.340 e. The van der Waals surface area contributed by atoms with Crippen molar-refractivity contribution in [1.29, 1.82) is 0 Å². The lowest BCUT2D eigenvalue weighted by atomic mass is 10.2. The van der Waals surface area contributed by atoms with Crippen molar-refractivity contribution in [2.24, 2.45) is 0 Å². The second-order valence-electron chi connectivity index (χ2n) is 4.02. The number of esters is 1. The Labute approximate surface area is 99.5 Å². The molecule has 3 nitrogen and oxygen atoms in total. The summed E-state index contributed by atoms with van der Waals surface area (Å²) in [5.41, 5.74) is 6.39. The molecular formula is C12H14ClNO2. The molecule has 2 rings (SSSR count). The highest BCUT2D eigenvalue weighted by molar-refractivity contribution is 6.36. The van der Waals surface area contributed by atoms with Crippen LogP contribution in [0.4, 0.5) is 5.69 Å². The summed E-state index contributed by atoms with van der Waals surface area (Å²) in [6.45, 7) is 0. The van der Waals surface area contributed by atoms with Gasteiger partial charge in [0.15, 0.2) is 0 Å². The van der Waals surface area contributed by atoms with Crippen molar-refractivity contribution in [2.75, 3.05) is 5.73 Å². The summed E-state index contributed by atoms with van der Waals surface area (Å²) in [6, 6.07) is 5.00. The fourth-order valence-electron chi connectivity index (χ4n) is 1.93. The topological polar surface area (TPSA) is 52.3 Å². The van der Waals surface area contributed by atoms with Gasteiger partial charge in [0.1, 0.15) is 6.10 Å². The number of nitrogen functional groups attached to an aromatic ring is 1. The molecule has 0 spiro atoms. The van der Waals surface area contributed by atoms with Crippen molar-refractivity contribution in [3.63, 3.8) is 0 Å². The molecule has 0 radical (unpaired) electrons. The van der Waals surface area contributed by atoms with E-state index < -0.39 is 0 Å². The first-order valence-electron chi connectivity index (χ1n) is 5.43.